The van der Waals surface area contributed by atoms with Gasteiger partial charge in [0, 0.05) is 0 Å². The van der Waals surface area contributed by atoms with Crippen molar-refractivity contribution in [1.29, 1.82) is 0 Å². The van der Waals surface area contributed by atoms with E-state index in [4.69, 9.17) is 0 Å². The Kier molecular flexibility index (Phi) is 2.95. The Balaban J connectivity index is 5.30. The molecule has 86 valence electrons. The Morgan fingerprint density at radius 2 is 0.857 bits per heavy atom. The first-order valence-electron chi connectivity index (χ1n) is 2.95. The summed E-state index contributed by atoms with van der Waals surface area (Å²) < 4.78 is 105. The first kappa shape index (κ1) is 13.6. The number of alkyl halides is 9. The molecular formula is C4H3F9Si. The predicted octanol–water partition coefficient (Wildman–Crippen LogP) is 1.78. The van der Waals surface area contributed by atoms with Gasteiger partial charge < -0.3 is 0 Å². The second-order valence-corrected chi connectivity index (χ2v) is 3.79. The van der Waals surface area contributed by atoms with Crippen LogP contribution in [0.25, 0.3) is 0 Å². The molecule has 0 nitrogen and oxygen atoms in total. The summed E-state index contributed by atoms with van der Waals surface area (Å²) in [5.74, 6) is -13.1. The lowest BCUT2D eigenvalue weighted by atomic mass is 10.1. The Morgan fingerprint density at radius 3 is 0.929 bits per heavy atom. The van der Waals surface area contributed by atoms with Crippen LogP contribution in [0, 0.1) is 0 Å². The van der Waals surface area contributed by atoms with Crippen LogP contribution in [-0.2, 0) is 0 Å². The molecule has 10 heteroatoms. The van der Waals surface area contributed by atoms with Gasteiger partial charge in [-0.3, -0.25) is 0 Å². The van der Waals surface area contributed by atoms with E-state index in [0.29, 0.717) is 0 Å². The molecule has 0 aliphatic heterocycles. The molecule has 0 aliphatic rings. The number of halogens is 9. The van der Waals surface area contributed by atoms with Crippen molar-refractivity contribution >= 4 is 10.2 Å². The zero-order chi connectivity index (χ0) is 12.0. The molecule has 0 unspecified atom stereocenters. The van der Waals surface area contributed by atoms with Crippen molar-refractivity contribution < 1.29 is 39.5 Å². The largest absolute Gasteiger partial charge is 0.460 e. The maximum Gasteiger partial charge on any atom is 0.460 e. The second kappa shape index (κ2) is 3.04. The smallest absolute Gasteiger partial charge is 0.206 e. The molecule has 0 saturated carbocycles. The van der Waals surface area contributed by atoms with Crippen molar-refractivity contribution in [2.24, 2.45) is 0 Å². The van der Waals surface area contributed by atoms with Crippen LogP contribution in [0.15, 0.2) is 0 Å². The first-order chi connectivity index (χ1) is 5.75. The lowest BCUT2D eigenvalue weighted by Crippen LogP contribution is -2.61. The van der Waals surface area contributed by atoms with E-state index in [1.165, 1.54) is 0 Å². The van der Waals surface area contributed by atoms with Crippen LogP contribution in [0.5, 0.6) is 0 Å². The molecule has 0 bridgehead atoms. The van der Waals surface area contributed by atoms with E-state index >= 15 is 0 Å². The minimum Gasteiger partial charge on any atom is -0.206 e. The van der Waals surface area contributed by atoms with Crippen LogP contribution >= 0.6 is 0 Å². The molecule has 0 aliphatic carbocycles. The number of rotatable bonds is 2. The van der Waals surface area contributed by atoms with E-state index in [-0.39, 0.29) is 0 Å². The maximum atomic E-state index is 12.0. The van der Waals surface area contributed by atoms with Crippen LogP contribution < -0.4 is 0 Å². The third-order valence-corrected chi connectivity index (χ3v) is 1.93. The Labute approximate surface area is 74.5 Å². The molecule has 0 aromatic carbocycles. The summed E-state index contributed by atoms with van der Waals surface area (Å²) in [6.07, 6.45) is -6.70. The van der Waals surface area contributed by atoms with Crippen molar-refractivity contribution in [3.63, 3.8) is 0 Å². The fourth-order valence-electron chi connectivity index (χ4n) is 0.454. The fraction of sp³-hybridized carbons (Fsp3) is 1.00. The van der Waals surface area contributed by atoms with Gasteiger partial charge in [0.2, 0.25) is 0 Å². The lowest BCUT2D eigenvalue weighted by molar-refractivity contribution is -0.382. The molecule has 0 fully saturated rings. The van der Waals surface area contributed by atoms with Gasteiger partial charge in [-0.25, -0.2) is 8.78 Å². The summed E-state index contributed by atoms with van der Waals surface area (Å²) in [4.78, 5) is 0. The highest BCUT2D eigenvalue weighted by molar-refractivity contribution is 6.14. The average molecular weight is 250 g/mol. The molecule has 0 saturated heterocycles. The second-order valence-electron chi connectivity index (χ2n) is 2.53. The topological polar surface area (TPSA) is 0 Å². The molecule has 0 spiro atoms. The standard InChI is InChI=1S/C4H3F9Si/c5-1(6,3(9,10)11)2(7,8)4(12,13)14/h14H3. The van der Waals surface area contributed by atoms with Gasteiger partial charge in [-0.1, -0.05) is 0 Å². The van der Waals surface area contributed by atoms with Gasteiger partial charge in [-0.05, 0) is 0 Å². The van der Waals surface area contributed by atoms with Gasteiger partial charge >= 0.3 is 18.0 Å². The zero-order valence-electron chi connectivity index (χ0n) is 6.40. The summed E-state index contributed by atoms with van der Waals surface area (Å²) in [7, 11) is -1.81. The summed E-state index contributed by atoms with van der Waals surface area (Å²) in [6.45, 7) is 0. The summed E-state index contributed by atoms with van der Waals surface area (Å²) in [6, 6.07) is 0. The zero-order valence-corrected chi connectivity index (χ0v) is 8.40. The van der Waals surface area contributed by atoms with Gasteiger partial charge in [0.25, 0.3) is 5.55 Å². The van der Waals surface area contributed by atoms with E-state index in [1.54, 1.807) is 0 Å². The van der Waals surface area contributed by atoms with E-state index in [0.717, 1.165) is 0 Å². The fourth-order valence-corrected chi connectivity index (χ4v) is 0.768. The number of hydrogen-bond donors (Lipinski definition) is 0. The SMILES string of the molecule is FC(F)(F)C(F)(F)C(F)(F)C(F)(F)[SiH3]. The molecule has 0 N–H and O–H groups in total. The molecule has 0 atom stereocenters. The molecule has 14 heavy (non-hydrogen) atoms. The highest BCUT2D eigenvalue weighted by atomic mass is 28.1. The number of hydrogen-bond acceptors (Lipinski definition) is 0. The van der Waals surface area contributed by atoms with Crippen molar-refractivity contribution in [2.75, 3.05) is 0 Å². The van der Waals surface area contributed by atoms with E-state index < -0.39 is 33.8 Å². The van der Waals surface area contributed by atoms with E-state index in [2.05, 4.69) is 0 Å². The Bertz CT molecular complexity index is 186. The Hall–Kier alpha value is -0.413. The third-order valence-electron chi connectivity index (χ3n) is 1.30. The monoisotopic (exact) mass is 250 g/mol. The normalized spacial score (nSPS) is 16.1. The van der Waals surface area contributed by atoms with Gasteiger partial charge in [0.05, 0.1) is 10.2 Å². The van der Waals surface area contributed by atoms with Crippen LogP contribution in [0.3, 0.4) is 0 Å². The molecule has 0 aromatic rings. The van der Waals surface area contributed by atoms with Crippen LogP contribution in [0.1, 0.15) is 0 Å². The highest BCUT2D eigenvalue weighted by Gasteiger charge is 2.79. The molecule has 0 amide bonds. The van der Waals surface area contributed by atoms with E-state index in [1.807, 2.05) is 0 Å². The van der Waals surface area contributed by atoms with Crippen LogP contribution in [-0.4, -0.2) is 33.8 Å². The van der Waals surface area contributed by atoms with Crippen LogP contribution in [0.4, 0.5) is 39.5 Å². The minimum atomic E-state index is -6.73. The summed E-state index contributed by atoms with van der Waals surface area (Å²) >= 11 is 0. The van der Waals surface area contributed by atoms with Crippen LogP contribution in [0.2, 0.25) is 0 Å². The quantitative estimate of drug-likeness (QED) is 0.517. The molecular weight excluding hydrogens is 247 g/mol. The summed E-state index contributed by atoms with van der Waals surface area (Å²) in [5.41, 5.74) is -5.33. The molecule has 0 aromatic heterocycles. The van der Waals surface area contributed by atoms with Gasteiger partial charge in [-0.15, -0.1) is 0 Å². The third kappa shape index (κ3) is 1.84. The highest BCUT2D eigenvalue weighted by Crippen LogP contribution is 2.51. The van der Waals surface area contributed by atoms with E-state index in [9.17, 15) is 39.5 Å². The van der Waals surface area contributed by atoms with Gasteiger partial charge in [0.1, 0.15) is 0 Å². The van der Waals surface area contributed by atoms with Gasteiger partial charge in [0.15, 0.2) is 0 Å². The lowest BCUT2D eigenvalue weighted by Gasteiger charge is -2.31. The molecule has 0 rings (SSSR count). The molecule has 0 heterocycles. The van der Waals surface area contributed by atoms with Crippen molar-refractivity contribution in [3.8, 4) is 0 Å². The minimum absolute atomic E-state index is 1.81. The maximum absolute atomic E-state index is 12.0. The first-order valence-corrected chi connectivity index (χ1v) is 3.95. The predicted molar refractivity (Wildman–Crippen MR) is 30.8 cm³/mol. The molecule has 0 radical (unpaired) electrons. The van der Waals surface area contributed by atoms with Crippen molar-refractivity contribution in [2.45, 2.75) is 23.6 Å². The van der Waals surface area contributed by atoms with Gasteiger partial charge in [-0.2, -0.15) is 30.7 Å². The summed E-state index contributed by atoms with van der Waals surface area (Å²) in [5, 5.41) is 0. The average Bonchev–Trinajstić information content (AvgIpc) is 1.81. The Morgan fingerprint density at radius 1 is 0.571 bits per heavy atom. The van der Waals surface area contributed by atoms with Crippen molar-refractivity contribution in [1.82, 2.24) is 0 Å². The van der Waals surface area contributed by atoms with Crippen molar-refractivity contribution in [3.05, 3.63) is 0 Å².